The van der Waals surface area contributed by atoms with Gasteiger partial charge in [-0.2, -0.15) is 4.31 Å². The van der Waals surface area contributed by atoms with Gasteiger partial charge in [-0.25, -0.2) is 12.8 Å². The van der Waals surface area contributed by atoms with E-state index < -0.39 is 15.8 Å². The van der Waals surface area contributed by atoms with Crippen LogP contribution in [0.2, 0.25) is 0 Å². The van der Waals surface area contributed by atoms with E-state index >= 15 is 0 Å². The van der Waals surface area contributed by atoms with Crippen LogP contribution in [0.1, 0.15) is 18.4 Å². The van der Waals surface area contributed by atoms with Gasteiger partial charge >= 0.3 is 0 Å². The lowest BCUT2D eigenvalue weighted by Crippen LogP contribution is -2.44. The Hall–Kier alpha value is -1.18. The summed E-state index contributed by atoms with van der Waals surface area (Å²) in [7, 11) is -0.0436. The Morgan fingerprint density at radius 1 is 1.33 bits per heavy atom. The molecule has 118 valence electrons. The standard InChI is InChI=1S/C14H22FN3O2S/c1-10-8-12(9-13(16)14(10)15)21(19,20)18(3)11-4-6-17(2)7-5-11/h8-9,11H,4-7,16H2,1-3H3. The number of hydrogen-bond donors (Lipinski definition) is 1. The number of aryl methyl sites for hydroxylation is 1. The van der Waals surface area contributed by atoms with E-state index in [0.717, 1.165) is 25.9 Å². The molecule has 7 heteroatoms. The normalized spacial score (nSPS) is 18.3. The van der Waals surface area contributed by atoms with Crippen molar-refractivity contribution in [2.75, 3.05) is 32.9 Å². The molecule has 0 aromatic heterocycles. The van der Waals surface area contributed by atoms with Crippen molar-refractivity contribution in [2.45, 2.75) is 30.7 Å². The molecule has 0 bridgehead atoms. The predicted octanol–water partition coefficient (Wildman–Crippen LogP) is 1.43. The van der Waals surface area contributed by atoms with E-state index in [4.69, 9.17) is 5.73 Å². The fourth-order valence-electron chi connectivity index (χ4n) is 2.63. The summed E-state index contributed by atoms with van der Waals surface area (Å²) in [6.07, 6.45) is 1.59. The molecule has 0 radical (unpaired) electrons. The first-order chi connectivity index (χ1) is 9.73. The molecule has 1 aromatic carbocycles. The Morgan fingerprint density at radius 2 is 1.90 bits per heavy atom. The molecule has 0 saturated carbocycles. The molecule has 5 nitrogen and oxygen atoms in total. The number of benzene rings is 1. The molecule has 1 fully saturated rings. The zero-order chi connectivity index (χ0) is 15.8. The van der Waals surface area contributed by atoms with Crippen LogP contribution < -0.4 is 5.73 Å². The Bertz CT molecular complexity index is 602. The van der Waals surface area contributed by atoms with Crippen molar-refractivity contribution in [1.82, 2.24) is 9.21 Å². The smallest absolute Gasteiger partial charge is 0.243 e. The predicted molar refractivity (Wildman–Crippen MR) is 81.0 cm³/mol. The minimum absolute atomic E-state index is 0.0298. The van der Waals surface area contributed by atoms with Gasteiger partial charge in [-0.05, 0) is 57.6 Å². The van der Waals surface area contributed by atoms with E-state index in [9.17, 15) is 12.8 Å². The fraction of sp³-hybridized carbons (Fsp3) is 0.571. The molecule has 2 rings (SSSR count). The number of sulfonamides is 1. The Kier molecular flexibility index (Phi) is 4.55. The van der Waals surface area contributed by atoms with Crippen LogP contribution in [-0.2, 0) is 10.0 Å². The number of rotatable bonds is 3. The van der Waals surface area contributed by atoms with Gasteiger partial charge in [0.05, 0.1) is 10.6 Å². The summed E-state index contributed by atoms with van der Waals surface area (Å²) < 4.78 is 40.3. The summed E-state index contributed by atoms with van der Waals surface area (Å²) >= 11 is 0. The summed E-state index contributed by atoms with van der Waals surface area (Å²) in [5.74, 6) is -0.559. The summed E-state index contributed by atoms with van der Waals surface area (Å²) in [5.41, 5.74) is 5.66. The molecule has 2 N–H and O–H groups in total. The second-order valence-electron chi connectivity index (χ2n) is 5.70. The fourth-order valence-corrected chi connectivity index (χ4v) is 4.17. The maximum Gasteiger partial charge on any atom is 0.243 e. The van der Waals surface area contributed by atoms with Crippen LogP contribution >= 0.6 is 0 Å². The lowest BCUT2D eigenvalue weighted by atomic mass is 10.1. The molecule has 1 aromatic rings. The largest absolute Gasteiger partial charge is 0.396 e. The molecular formula is C14H22FN3O2S. The van der Waals surface area contributed by atoms with Gasteiger partial charge in [-0.1, -0.05) is 0 Å². The van der Waals surface area contributed by atoms with E-state index in [0.29, 0.717) is 0 Å². The van der Waals surface area contributed by atoms with Crippen molar-refractivity contribution in [3.05, 3.63) is 23.5 Å². The van der Waals surface area contributed by atoms with Gasteiger partial charge in [0, 0.05) is 13.1 Å². The Labute approximate surface area is 125 Å². The van der Waals surface area contributed by atoms with E-state index in [2.05, 4.69) is 4.90 Å². The topological polar surface area (TPSA) is 66.6 Å². The van der Waals surface area contributed by atoms with Crippen molar-refractivity contribution in [1.29, 1.82) is 0 Å². The molecule has 1 saturated heterocycles. The number of nitrogen functional groups attached to an aromatic ring is 1. The molecule has 1 aliphatic heterocycles. The van der Waals surface area contributed by atoms with Crippen molar-refractivity contribution < 1.29 is 12.8 Å². The summed E-state index contributed by atoms with van der Waals surface area (Å²) in [6.45, 7) is 3.25. The van der Waals surface area contributed by atoms with Crippen LogP contribution in [0, 0.1) is 12.7 Å². The van der Waals surface area contributed by atoms with E-state index in [1.165, 1.54) is 23.4 Å². The highest BCUT2D eigenvalue weighted by Crippen LogP contribution is 2.26. The maximum absolute atomic E-state index is 13.6. The Morgan fingerprint density at radius 3 is 2.43 bits per heavy atom. The highest BCUT2D eigenvalue weighted by molar-refractivity contribution is 7.89. The highest BCUT2D eigenvalue weighted by atomic mass is 32.2. The van der Waals surface area contributed by atoms with Crippen LogP contribution in [0.25, 0.3) is 0 Å². The van der Waals surface area contributed by atoms with Crippen molar-refractivity contribution in [3.63, 3.8) is 0 Å². The maximum atomic E-state index is 13.6. The highest BCUT2D eigenvalue weighted by Gasteiger charge is 2.30. The van der Waals surface area contributed by atoms with Crippen LogP contribution in [0.3, 0.4) is 0 Å². The van der Waals surface area contributed by atoms with Crippen molar-refractivity contribution in [3.8, 4) is 0 Å². The monoisotopic (exact) mass is 315 g/mol. The number of nitrogens with two attached hydrogens (primary N) is 1. The van der Waals surface area contributed by atoms with Gasteiger partial charge in [0.2, 0.25) is 10.0 Å². The Balaban J connectivity index is 2.29. The van der Waals surface area contributed by atoms with Gasteiger partial charge in [0.1, 0.15) is 5.82 Å². The number of piperidine rings is 1. The zero-order valence-electron chi connectivity index (χ0n) is 12.6. The molecule has 1 heterocycles. The average Bonchev–Trinajstić information content (AvgIpc) is 2.44. The third kappa shape index (κ3) is 3.20. The lowest BCUT2D eigenvalue weighted by molar-refractivity contribution is 0.197. The van der Waals surface area contributed by atoms with Gasteiger partial charge < -0.3 is 10.6 Å². The second kappa shape index (κ2) is 5.90. The number of halogens is 1. The second-order valence-corrected chi connectivity index (χ2v) is 7.70. The van der Waals surface area contributed by atoms with E-state index in [-0.39, 0.29) is 22.2 Å². The molecule has 0 aliphatic carbocycles. The van der Waals surface area contributed by atoms with Crippen LogP contribution in [-0.4, -0.2) is 50.8 Å². The number of likely N-dealkylation sites (tertiary alicyclic amines) is 1. The van der Waals surface area contributed by atoms with Gasteiger partial charge in [0.25, 0.3) is 0 Å². The van der Waals surface area contributed by atoms with Crippen molar-refractivity contribution in [2.24, 2.45) is 0 Å². The van der Waals surface area contributed by atoms with Crippen LogP contribution in [0.5, 0.6) is 0 Å². The molecule has 1 aliphatic rings. The molecule has 0 amide bonds. The summed E-state index contributed by atoms with van der Waals surface area (Å²) in [5, 5.41) is 0. The quantitative estimate of drug-likeness (QED) is 0.857. The number of nitrogens with zero attached hydrogens (tertiary/aromatic N) is 2. The van der Waals surface area contributed by atoms with E-state index in [1.54, 1.807) is 7.05 Å². The first kappa shape index (κ1) is 16.2. The minimum Gasteiger partial charge on any atom is -0.396 e. The van der Waals surface area contributed by atoms with Gasteiger partial charge in [-0.15, -0.1) is 0 Å². The van der Waals surface area contributed by atoms with Gasteiger partial charge in [0.15, 0.2) is 0 Å². The van der Waals surface area contributed by atoms with Crippen LogP contribution in [0.4, 0.5) is 10.1 Å². The van der Waals surface area contributed by atoms with Crippen LogP contribution in [0.15, 0.2) is 17.0 Å². The minimum atomic E-state index is -3.65. The first-order valence-corrected chi connectivity index (χ1v) is 8.39. The molecule has 0 spiro atoms. The molecule has 0 atom stereocenters. The molecular weight excluding hydrogens is 293 g/mol. The van der Waals surface area contributed by atoms with Crippen molar-refractivity contribution >= 4 is 15.7 Å². The summed E-state index contributed by atoms with van der Waals surface area (Å²) in [4.78, 5) is 2.23. The van der Waals surface area contributed by atoms with Gasteiger partial charge in [-0.3, -0.25) is 0 Å². The number of hydrogen-bond acceptors (Lipinski definition) is 4. The van der Waals surface area contributed by atoms with E-state index in [1.807, 2.05) is 7.05 Å². The summed E-state index contributed by atoms with van der Waals surface area (Å²) in [6, 6.07) is 2.51. The first-order valence-electron chi connectivity index (χ1n) is 6.95. The molecule has 21 heavy (non-hydrogen) atoms. The third-order valence-electron chi connectivity index (χ3n) is 4.14. The molecule has 0 unspecified atom stereocenters. The lowest BCUT2D eigenvalue weighted by Gasteiger charge is -2.34. The third-order valence-corrected chi connectivity index (χ3v) is 6.02. The zero-order valence-corrected chi connectivity index (χ0v) is 13.5. The SMILES string of the molecule is Cc1cc(S(=O)(=O)N(C)C2CCN(C)CC2)cc(N)c1F. The average molecular weight is 315 g/mol. The number of anilines is 1.